The zero-order valence-electron chi connectivity index (χ0n) is 16.0. The van der Waals surface area contributed by atoms with Crippen molar-refractivity contribution in [1.82, 2.24) is 30.3 Å². The molecule has 0 spiro atoms. The number of ether oxygens (including phenoxy) is 2. The number of hydrogen-bond acceptors (Lipinski definition) is 9. The van der Waals surface area contributed by atoms with Gasteiger partial charge in [0.05, 0.1) is 18.4 Å². The molecule has 0 bridgehead atoms. The van der Waals surface area contributed by atoms with E-state index in [1.165, 1.54) is 7.05 Å². The summed E-state index contributed by atoms with van der Waals surface area (Å²) in [5.74, 6) is 1.52. The van der Waals surface area contributed by atoms with Crippen LogP contribution < -0.4 is 25.4 Å². The van der Waals surface area contributed by atoms with Crippen LogP contribution in [0.15, 0.2) is 37.0 Å². The monoisotopic (exact) mass is 394 g/mol. The van der Waals surface area contributed by atoms with E-state index in [1.807, 2.05) is 12.1 Å². The molecule has 3 aromatic rings. The highest BCUT2D eigenvalue weighted by molar-refractivity contribution is 6.01. The van der Waals surface area contributed by atoms with Crippen molar-refractivity contribution in [3.63, 3.8) is 0 Å². The number of nitrogens with zero attached hydrogens (tertiary/aromatic N) is 5. The second-order valence-corrected chi connectivity index (χ2v) is 6.08. The van der Waals surface area contributed by atoms with Gasteiger partial charge in [-0.15, -0.1) is 10.2 Å². The van der Waals surface area contributed by atoms with Crippen LogP contribution in [0.5, 0.6) is 11.5 Å². The second kappa shape index (κ2) is 7.11. The van der Waals surface area contributed by atoms with Gasteiger partial charge in [-0.05, 0) is 18.7 Å². The maximum Gasteiger partial charge on any atom is 0.273 e. The molecule has 1 aliphatic rings. The molecule has 1 amide bonds. The van der Waals surface area contributed by atoms with E-state index >= 15 is 0 Å². The van der Waals surface area contributed by atoms with Crippen LogP contribution >= 0.6 is 0 Å². The van der Waals surface area contributed by atoms with E-state index in [9.17, 15) is 4.79 Å². The maximum absolute atomic E-state index is 12.3. The predicted molar refractivity (Wildman–Crippen MR) is 105 cm³/mol. The highest BCUT2D eigenvalue weighted by Gasteiger charge is 2.28. The van der Waals surface area contributed by atoms with Crippen molar-refractivity contribution in [2.45, 2.75) is 0 Å². The van der Waals surface area contributed by atoms with E-state index in [0.29, 0.717) is 40.1 Å². The van der Waals surface area contributed by atoms with Gasteiger partial charge in [-0.3, -0.25) is 9.48 Å². The van der Waals surface area contributed by atoms with Crippen LogP contribution in [0.2, 0.25) is 0 Å². The number of hydrogen-bond donors (Lipinski definition) is 3. The van der Waals surface area contributed by atoms with Gasteiger partial charge in [-0.2, -0.15) is 5.10 Å². The first-order valence-electron chi connectivity index (χ1n) is 8.58. The number of rotatable bonds is 5. The molecule has 4 rings (SSSR count). The first-order chi connectivity index (χ1) is 14.0. The normalized spacial score (nSPS) is 12.0. The highest BCUT2D eigenvalue weighted by Crippen LogP contribution is 2.43. The Hall–Kier alpha value is -4.15. The molecular formula is C18H18N8O3. The lowest BCUT2D eigenvalue weighted by atomic mass is 10.1. The first kappa shape index (κ1) is 18.2. The number of fused-ring (bicyclic) bond motifs is 1. The third kappa shape index (κ3) is 3.18. The smallest absolute Gasteiger partial charge is 0.273 e. The number of aryl methyl sites for hydroxylation is 1. The Kier molecular flexibility index (Phi) is 4.47. The summed E-state index contributed by atoms with van der Waals surface area (Å²) in [6.07, 6.45) is 1.60. The molecule has 0 atom stereocenters. The average Bonchev–Trinajstić information content (AvgIpc) is 3.32. The standard InChI is InChI=1S/C18H18N8O3/c1-9-21-17-15(29-9)12(13(23-24-17)18(27)19-2)22-11-7-5-6-10(14(11)28-4)16-20-8-26(3)25-16/h5-8H,1H2,2-4H3,(H,19,27)(H2,21,22,24). The molecule has 29 heavy (non-hydrogen) atoms. The fourth-order valence-electron chi connectivity index (χ4n) is 2.91. The molecule has 0 fully saturated rings. The Morgan fingerprint density at radius 2 is 2.17 bits per heavy atom. The maximum atomic E-state index is 12.3. The van der Waals surface area contributed by atoms with Gasteiger partial charge >= 0.3 is 0 Å². The average molecular weight is 394 g/mol. The van der Waals surface area contributed by atoms with Crippen LogP contribution in [-0.4, -0.2) is 45.0 Å². The summed E-state index contributed by atoms with van der Waals surface area (Å²) in [5, 5.41) is 20.9. The van der Waals surface area contributed by atoms with E-state index in [4.69, 9.17) is 9.47 Å². The van der Waals surface area contributed by atoms with Crippen molar-refractivity contribution in [2.24, 2.45) is 7.05 Å². The highest BCUT2D eigenvalue weighted by atomic mass is 16.5. The van der Waals surface area contributed by atoms with Gasteiger partial charge in [0.1, 0.15) is 12.0 Å². The summed E-state index contributed by atoms with van der Waals surface area (Å²) in [7, 11) is 4.83. The summed E-state index contributed by atoms with van der Waals surface area (Å²) in [6.45, 7) is 3.73. The number of carbonyl (C=O) groups is 1. The Balaban J connectivity index is 1.84. The van der Waals surface area contributed by atoms with Crippen molar-refractivity contribution in [3.8, 4) is 22.9 Å². The van der Waals surface area contributed by atoms with Crippen molar-refractivity contribution in [3.05, 3.63) is 42.7 Å². The van der Waals surface area contributed by atoms with E-state index in [-0.39, 0.29) is 11.6 Å². The van der Waals surface area contributed by atoms with Gasteiger partial charge in [0.2, 0.25) is 5.82 Å². The van der Waals surface area contributed by atoms with Crippen LogP contribution in [0.1, 0.15) is 10.5 Å². The molecule has 11 nitrogen and oxygen atoms in total. The van der Waals surface area contributed by atoms with E-state index in [0.717, 1.165) is 0 Å². The summed E-state index contributed by atoms with van der Waals surface area (Å²) >= 11 is 0. The summed E-state index contributed by atoms with van der Waals surface area (Å²) < 4.78 is 12.8. The van der Waals surface area contributed by atoms with Gasteiger partial charge in [0.15, 0.2) is 28.9 Å². The lowest BCUT2D eigenvalue weighted by Crippen LogP contribution is -2.21. The lowest BCUT2D eigenvalue weighted by molar-refractivity contribution is 0.0958. The van der Waals surface area contributed by atoms with E-state index < -0.39 is 5.91 Å². The molecular weight excluding hydrogens is 376 g/mol. The van der Waals surface area contributed by atoms with Crippen LogP contribution in [0, 0.1) is 0 Å². The van der Waals surface area contributed by atoms with Gasteiger partial charge < -0.3 is 25.4 Å². The first-order valence-corrected chi connectivity index (χ1v) is 8.58. The van der Waals surface area contributed by atoms with Gasteiger partial charge in [-0.25, -0.2) is 4.98 Å². The number of methoxy groups -OCH3 is 1. The van der Waals surface area contributed by atoms with Crippen molar-refractivity contribution >= 4 is 23.1 Å². The molecule has 1 aliphatic heterocycles. The third-order valence-electron chi connectivity index (χ3n) is 4.17. The number of amides is 1. The molecule has 148 valence electrons. The summed E-state index contributed by atoms with van der Waals surface area (Å²) in [5.41, 5.74) is 1.64. The minimum Gasteiger partial charge on any atom is -0.494 e. The Morgan fingerprint density at radius 3 is 2.86 bits per heavy atom. The van der Waals surface area contributed by atoms with Crippen LogP contribution in [0.25, 0.3) is 11.4 Å². The predicted octanol–water partition coefficient (Wildman–Crippen LogP) is 1.66. The SMILES string of the molecule is C=C1Nc2nnc(C(=O)NC)c(Nc3cccc(-c4ncn(C)n4)c3OC)c2O1. The zero-order valence-corrected chi connectivity index (χ0v) is 16.0. The summed E-state index contributed by atoms with van der Waals surface area (Å²) in [6, 6.07) is 5.46. The Labute approximate surface area is 165 Å². The number of nitrogens with one attached hydrogen (secondary N) is 3. The molecule has 0 aliphatic carbocycles. The number of para-hydroxylation sites is 1. The molecule has 11 heteroatoms. The number of benzene rings is 1. The lowest BCUT2D eigenvalue weighted by Gasteiger charge is -2.16. The van der Waals surface area contributed by atoms with Crippen molar-refractivity contribution in [1.29, 1.82) is 0 Å². The Bertz CT molecular complexity index is 1120. The number of carbonyl (C=O) groups excluding carboxylic acids is 1. The number of anilines is 3. The molecule has 3 N–H and O–H groups in total. The quantitative estimate of drug-likeness (QED) is 0.592. The molecule has 2 aromatic heterocycles. The van der Waals surface area contributed by atoms with Crippen LogP contribution in [-0.2, 0) is 7.05 Å². The molecule has 0 unspecified atom stereocenters. The molecule has 0 saturated heterocycles. The third-order valence-corrected chi connectivity index (χ3v) is 4.17. The molecule has 3 heterocycles. The number of aromatic nitrogens is 5. The van der Waals surface area contributed by atoms with Crippen molar-refractivity contribution < 1.29 is 14.3 Å². The van der Waals surface area contributed by atoms with Gasteiger partial charge in [0.25, 0.3) is 5.91 Å². The molecule has 1 aromatic carbocycles. The largest absolute Gasteiger partial charge is 0.494 e. The zero-order chi connectivity index (χ0) is 20.5. The molecule has 0 saturated carbocycles. The topological polar surface area (TPSA) is 128 Å². The van der Waals surface area contributed by atoms with E-state index in [2.05, 4.69) is 42.8 Å². The van der Waals surface area contributed by atoms with Crippen LogP contribution in [0.4, 0.5) is 17.2 Å². The van der Waals surface area contributed by atoms with E-state index in [1.54, 1.807) is 31.2 Å². The minimum absolute atomic E-state index is 0.0613. The molecule has 0 radical (unpaired) electrons. The fourth-order valence-corrected chi connectivity index (χ4v) is 2.91. The Morgan fingerprint density at radius 1 is 1.34 bits per heavy atom. The van der Waals surface area contributed by atoms with Crippen LogP contribution in [0.3, 0.4) is 0 Å². The van der Waals surface area contributed by atoms with Crippen molar-refractivity contribution in [2.75, 3.05) is 24.8 Å². The summed E-state index contributed by atoms with van der Waals surface area (Å²) in [4.78, 5) is 16.6. The van der Waals surface area contributed by atoms with Gasteiger partial charge in [0, 0.05) is 14.1 Å². The minimum atomic E-state index is -0.426. The fraction of sp³-hybridized carbons (Fsp3) is 0.167. The van der Waals surface area contributed by atoms with Gasteiger partial charge in [-0.1, -0.05) is 6.07 Å². The second-order valence-electron chi connectivity index (χ2n) is 6.08.